The first kappa shape index (κ1) is 34.9. The van der Waals surface area contributed by atoms with E-state index in [1.165, 1.54) is 66.7 Å². The highest BCUT2D eigenvalue weighted by Crippen LogP contribution is 2.49. The maximum absolute atomic E-state index is 9.55. The molecule has 0 amide bonds. The summed E-state index contributed by atoms with van der Waals surface area (Å²) in [5, 5.41) is 31.2. The van der Waals surface area contributed by atoms with Crippen molar-refractivity contribution >= 4 is 47.0 Å². The molecule has 0 atom stereocenters. The molecule has 43 heavy (non-hydrogen) atoms. The first-order valence-corrected chi connectivity index (χ1v) is 14.2. The summed E-state index contributed by atoms with van der Waals surface area (Å²) in [5.41, 5.74) is 2.60. The van der Waals surface area contributed by atoms with E-state index in [1.54, 1.807) is 7.11 Å². The van der Waals surface area contributed by atoms with Crippen LogP contribution in [0.15, 0.2) is 76.6 Å². The van der Waals surface area contributed by atoms with Gasteiger partial charge >= 0.3 is 23.9 Å². The Kier molecular flexibility index (Phi) is 14.8. The molecule has 0 aliphatic carbocycles. The van der Waals surface area contributed by atoms with Gasteiger partial charge in [0.2, 0.25) is 0 Å². The predicted molar refractivity (Wildman–Crippen MR) is 163 cm³/mol. The highest BCUT2D eigenvalue weighted by Gasteiger charge is 2.23. The van der Waals surface area contributed by atoms with Crippen molar-refractivity contribution in [2.24, 2.45) is 0 Å². The second-order valence-corrected chi connectivity index (χ2v) is 10.5. The van der Waals surface area contributed by atoms with Crippen LogP contribution in [0, 0.1) is 0 Å². The zero-order valence-corrected chi connectivity index (χ0v) is 24.9. The Balaban J connectivity index is 0.000000334. The number of methoxy groups -OCH3 is 1. The summed E-state index contributed by atoms with van der Waals surface area (Å²) in [6, 6.07) is 15.2. The van der Waals surface area contributed by atoms with Crippen molar-refractivity contribution in [2.45, 2.75) is 22.6 Å². The SMILES string of the molecule is COc1ccc2c(c1)N(CCCCN1CCN(C)CC1)c1ccccc1S2.O=C(O)/C=C\C(=O)O.O=C(O)/C=C\C(=O)O. The van der Waals surface area contributed by atoms with E-state index in [9.17, 15) is 19.2 Å². The fraction of sp³-hybridized carbons (Fsp3) is 0.333. The number of aliphatic carboxylic acids is 4. The van der Waals surface area contributed by atoms with Gasteiger partial charge in [-0.15, -0.1) is 0 Å². The van der Waals surface area contributed by atoms with Crippen molar-refractivity contribution < 1.29 is 44.3 Å². The summed E-state index contributed by atoms with van der Waals surface area (Å²) in [5.74, 6) is -4.10. The molecule has 232 valence electrons. The zero-order chi connectivity index (χ0) is 31.8. The van der Waals surface area contributed by atoms with Crippen molar-refractivity contribution in [2.75, 3.05) is 58.3 Å². The molecule has 0 spiro atoms. The highest BCUT2D eigenvalue weighted by molar-refractivity contribution is 7.99. The van der Waals surface area contributed by atoms with Gasteiger partial charge in [-0.3, -0.25) is 0 Å². The zero-order valence-electron chi connectivity index (χ0n) is 24.1. The lowest BCUT2D eigenvalue weighted by molar-refractivity contribution is -0.134. The first-order chi connectivity index (χ1) is 20.5. The Bertz CT molecular complexity index is 1240. The molecular formula is C30H37N3O9S. The molecule has 2 heterocycles. The summed E-state index contributed by atoms with van der Waals surface area (Å²) in [6.45, 7) is 7.07. The lowest BCUT2D eigenvalue weighted by atomic mass is 10.2. The number of para-hydroxylation sites is 1. The molecule has 0 radical (unpaired) electrons. The third-order valence-electron chi connectivity index (χ3n) is 6.27. The summed E-state index contributed by atoms with van der Waals surface area (Å²) in [7, 11) is 3.96. The molecule has 13 heteroatoms. The van der Waals surface area contributed by atoms with E-state index in [0.29, 0.717) is 24.3 Å². The number of rotatable bonds is 10. The van der Waals surface area contributed by atoms with E-state index in [-0.39, 0.29) is 0 Å². The monoisotopic (exact) mass is 615 g/mol. The minimum absolute atomic E-state index is 0.558. The van der Waals surface area contributed by atoms with Gasteiger partial charge in [0.25, 0.3) is 0 Å². The number of fused-ring (bicyclic) bond motifs is 2. The van der Waals surface area contributed by atoms with Crippen LogP contribution in [-0.2, 0) is 19.2 Å². The lowest BCUT2D eigenvalue weighted by Crippen LogP contribution is -2.44. The molecule has 1 saturated heterocycles. The van der Waals surface area contributed by atoms with Gasteiger partial charge < -0.3 is 39.9 Å². The van der Waals surface area contributed by atoms with Crippen molar-refractivity contribution in [3.05, 3.63) is 66.8 Å². The normalized spacial score (nSPS) is 14.5. The minimum Gasteiger partial charge on any atom is -0.497 e. The van der Waals surface area contributed by atoms with Crippen LogP contribution < -0.4 is 9.64 Å². The van der Waals surface area contributed by atoms with Crippen LogP contribution in [0.1, 0.15) is 12.8 Å². The number of carbonyl (C=O) groups is 4. The molecule has 2 aliphatic rings. The Labute approximate surface area is 254 Å². The molecule has 12 nitrogen and oxygen atoms in total. The van der Waals surface area contributed by atoms with Crippen LogP contribution in [0.3, 0.4) is 0 Å². The van der Waals surface area contributed by atoms with Crippen LogP contribution in [0.5, 0.6) is 5.75 Å². The number of anilines is 2. The van der Waals surface area contributed by atoms with Gasteiger partial charge in [-0.05, 0) is 50.7 Å². The molecule has 2 aliphatic heterocycles. The quantitative estimate of drug-likeness (QED) is 0.225. The molecular weight excluding hydrogens is 578 g/mol. The highest BCUT2D eigenvalue weighted by atomic mass is 32.2. The summed E-state index contributed by atoms with van der Waals surface area (Å²) >= 11 is 1.86. The van der Waals surface area contributed by atoms with Gasteiger partial charge in [-0.25, -0.2) is 19.2 Å². The fourth-order valence-electron chi connectivity index (χ4n) is 4.14. The number of carboxylic acids is 4. The molecule has 0 aromatic heterocycles. The fourth-order valence-corrected chi connectivity index (χ4v) is 5.22. The second-order valence-electron chi connectivity index (χ2n) is 9.43. The van der Waals surface area contributed by atoms with Gasteiger partial charge in [-0.1, -0.05) is 23.9 Å². The van der Waals surface area contributed by atoms with Crippen molar-refractivity contribution in [3.63, 3.8) is 0 Å². The smallest absolute Gasteiger partial charge is 0.328 e. The number of likely N-dealkylation sites (N-methyl/N-ethyl adjacent to an activating group) is 1. The molecule has 4 rings (SSSR count). The number of ether oxygens (including phenoxy) is 1. The summed E-state index contributed by atoms with van der Waals surface area (Å²) in [4.78, 5) is 48.4. The molecule has 2 aromatic rings. The molecule has 0 bridgehead atoms. The van der Waals surface area contributed by atoms with Crippen LogP contribution in [-0.4, -0.2) is 108 Å². The molecule has 0 saturated carbocycles. The average Bonchev–Trinajstić information content (AvgIpc) is 2.98. The summed E-state index contributed by atoms with van der Waals surface area (Å²) in [6.07, 6.45) is 4.67. The average molecular weight is 616 g/mol. The van der Waals surface area contributed by atoms with E-state index in [2.05, 4.69) is 64.2 Å². The van der Waals surface area contributed by atoms with E-state index in [4.69, 9.17) is 25.2 Å². The number of hydrogen-bond acceptors (Lipinski definition) is 9. The van der Waals surface area contributed by atoms with Crippen LogP contribution in [0.2, 0.25) is 0 Å². The van der Waals surface area contributed by atoms with Crippen molar-refractivity contribution in [1.29, 1.82) is 0 Å². The number of carboxylic acid groups (broad SMARTS) is 4. The topological polar surface area (TPSA) is 168 Å². The summed E-state index contributed by atoms with van der Waals surface area (Å²) < 4.78 is 5.48. The number of benzene rings is 2. The van der Waals surface area contributed by atoms with Crippen LogP contribution in [0.25, 0.3) is 0 Å². The molecule has 2 aromatic carbocycles. The number of unbranched alkanes of at least 4 members (excludes halogenated alkanes) is 1. The van der Waals surface area contributed by atoms with Crippen LogP contribution >= 0.6 is 11.8 Å². The second kappa shape index (κ2) is 18.3. The van der Waals surface area contributed by atoms with Crippen molar-refractivity contribution in [1.82, 2.24) is 9.80 Å². The maximum Gasteiger partial charge on any atom is 0.328 e. The van der Waals surface area contributed by atoms with Gasteiger partial charge in [0, 0.05) is 72.9 Å². The van der Waals surface area contributed by atoms with E-state index >= 15 is 0 Å². The molecule has 0 unspecified atom stereocenters. The van der Waals surface area contributed by atoms with E-state index in [1.807, 2.05) is 11.8 Å². The van der Waals surface area contributed by atoms with Crippen molar-refractivity contribution in [3.8, 4) is 5.75 Å². The van der Waals surface area contributed by atoms with Gasteiger partial charge in [-0.2, -0.15) is 0 Å². The molecule has 1 fully saturated rings. The lowest BCUT2D eigenvalue weighted by Gasteiger charge is -2.34. The number of hydrogen-bond donors (Lipinski definition) is 4. The van der Waals surface area contributed by atoms with Gasteiger partial charge in [0.1, 0.15) is 5.75 Å². The predicted octanol–water partition coefficient (Wildman–Crippen LogP) is 3.75. The Morgan fingerprint density at radius 1 is 0.744 bits per heavy atom. The minimum atomic E-state index is -1.26. The largest absolute Gasteiger partial charge is 0.497 e. The third kappa shape index (κ3) is 13.0. The Morgan fingerprint density at radius 3 is 1.79 bits per heavy atom. The standard InChI is InChI=1S/C22H29N3OS.2C4H4O4/c1-23-13-15-24(16-14-23)11-5-6-12-25-19-7-3-4-8-21(19)27-22-10-9-18(26-2)17-20(22)25;2*5-3(6)1-2-4(7)8/h3-4,7-10,17H,5-6,11-16H2,1-2H3;2*1-2H,(H,5,6)(H,7,8)/b;2*2-1-. The van der Waals surface area contributed by atoms with Gasteiger partial charge in [0.05, 0.1) is 18.5 Å². The number of nitrogens with zero attached hydrogens (tertiary/aromatic N) is 3. The Morgan fingerprint density at radius 2 is 1.26 bits per heavy atom. The van der Waals surface area contributed by atoms with E-state index in [0.717, 1.165) is 12.3 Å². The Hall–Kier alpha value is -4.33. The van der Waals surface area contributed by atoms with Gasteiger partial charge in [0.15, 0.2) is 0 Å². The molecule has 4 N–H and O–H groups in total. The first-order valence-electron chi connectivity index (χ1n) is 13.4. The van der Waals surface area contributed by atoms with Crippen LogP contribution in [0.4, 0.5) is 11.4 Å². The third-order valence-corrected chi connectivity index (χ3v) is 7.40. The number of piperazine rings is 1. The maximum atomic E-state index is 9.55. The van der Waals surface area contributed by atoms with E-state index < -0.39 is 23.9 Å².